The second-order valence-corrected chi connectivity index (χ2v) is 2.91. The molecule has 0 aliphatic carbocycles. The van der Waals surface area contributed by atoms with Crippen molar-refractivity contribution < 1.29 is 5.11 Å². The Kier molecular flexibility index (Phi) is 7.42. The second kappa shape index (κ2) is 7.29. The molecule has 1 atom stereocenters. The number of hydrogen-bond donors (Lipinski definition) is 1. The maximum absolute atomic E-state index is 9.16. The summed E-state index contributed by atoms with van der Waals surface area (Å²) in [7, 11) is 0. The highest BCUT2D eigenvalue weighted by atomic mass is 79.9. The maximum Gasteiger partial charge on any atom is 0.0728 e. The molecule has 0 fully saturated rings. The summed E-state index contributed by atoms with van der Waals surface area (Å²) in [6.07, 6.45) is 5.93. The van der Waals surface area contributed by atoms with Crippen molar-refractivity contribution in [2.45, 2.75) is 38.7 Å². The molecule has 2 heteroatoms. The van der Waals surface area contributed by atoms with Crippen LogP contribution in [-0.4, -0.2) is 11.2 Å². The minimum Gasteiger partial charge on any atom is -0.389 e. The molecular weight excluding hydrogens is 192 g/mol. The summed E-state index contributed by atoms with van der Waals surface area (Å²) in [6.45, 7) is 2.16. The van der Waals surface area contributed by atoms with E-state index >= 15 is 0 Å². The molecule has 0 amide bonds. The van der Waals surface area contributed by atoms with Crippen molar-refractivity contribution in [3.63, 3.8) is 0 Å². The Morgan fingerprint density at radius 2 is 2.20 bits per heavy atom. The highest BCUT2D eigenvalue weighted by Gasteiger charge is 1.96. The number of hydrogen-bond acceptors (Lipinski definition) is 1. The average molecular weight is 207 g/mol. The van der Waals surface area contributed by atoms with E-state index in [9.17, 15) is 0 Å². The van der Waals surface area contributed by atoms with Gasteiger partial charge >= 0.3 is 0 Å². The minimum absolute atomic E-state index is 0.258. The van der Waals surface area contributed by atoms with E-state index in [2.05, 4.69) is 22.9 Å². The molecule has 60 valence electrons. The number of aliphatic hydroxyl groups excluding tert-OH is 1. The Morgan fingerprint density at radius 3 is 2.70 bits per heavy atom. The summed E-state index contributed by atoms with van der Waals surface area (Å²) >= 11 is 3.12. The number of unbranched alkanes of at least 4 members (excludes halogenated alkanes) is 2. The van der Waals surface area contributed by atoms with Gasteiger partial charge in [0, 0.05) is 0 Å². The Balaban J connectivity index is 3.13. The van der Waals surface area contributed by atoms with Crippen molar-refractivity contribution in [2.75, 3.05) is 0 Å². The van der Waals surface area contributed by atoms with E-state index in [-0.39, 0.29) is 6.10 Å². The molecule has 0 aliphatic heterocycles. The van der Waals surface area contributed by atoms with Crippen LogP contribution >= 0.6 is 15.9 Å². The van der Waals surface area contributed by atoms with Gasteiger partial charge in [-0.15, -0.1) is 0 Å². The van der Waals surface area contributed by atoms with Crippen molar-refractivity contribution >= 4 is 15.9 Å². The second-order valence-electron chi connectivity index (χ2n) is 2.38. The van der Waals surface area contributed by atoms with E-state index in [0.717, 1.165) is 12.8 Å². The fourth-order valence-electron chi connectivity index (χ4n) is 0.784. The van der Waals surface area contributed by atoms with Gasteiger partial charge in [0.2, 0.25) is 0 Å². The van der Waals surface area contributed by atoms with Crippen LogP contribution in [0.15, 0.2) is 11.1 Å². The van der Waals surface area contributed by atoms with Gasteiger partial charge in [-0.1, -0.05) is 42.1 Å². The Hall–Kier alpha value is 0.180. The highest BCUT2D eigenvalue weighted by molar-refractivity contribution is 9.11. The summed E-state index contributed by atoms with van der Waals surface area (Å²) in [5.74, 6) is 0. The Labute approximate surface area is 71.3 Å². The first-order chi connectivity index (χ1) is 4.81. The predicted octanol–water partition coefficient (Wildman–Crippen LogP) is 2.84. The van der Waals surface area contributed by atoms with Gasteiger partial charge < -0.3 is 5.11 Å². The molecular formula is C8H15BrO. The standard InChI is InChI=1S/C8H15BrO/c1-2-3-4-5-8(10)6-7-9/h6-8,10H,2-5H2,1H3/b7-6-. The third kappa shape index (κ3) is 6.30. The summed E-state index contributed by atoms with van der Waals surface area (Å²) in [6, 6.07) is 0. The van der Waals surface area contributed by atoms with Crippen LogP contribution in [0.5, 0.6) is 0 Å². The molecule has 0 spiro atoms. The lowest BCUT2D eigenvalue weighted by Gasteiger charge is -2.02. The van der Waals surface area contributed by atoms with Gasteiger partial charge in [0.25, 0.3) is 0 Å². The van der Waals surface area contributed by atoms with Gasteiger partial charge in [0.15, 0.2) is 0 Å². The average Bonchev–Trinajstić information content (AvgIpc) is 1.89. The van der Waals surface area contributed by atoms with E-state index in [1.54, 1.807) is 11.1 Å². The maximum atomic E-state index is 9.16. The van der Waals surface area contributed by atoms with Gasteiger partial charge in [-0.3, -0.25) is 0 Å². The molecule has 1 nitrogen and oxygen atoms in total. The van der Waals surface area contributed by atoms with Gasteiger partial charge in [0.1, 0.15) is 0 Å². The summed E-state index contributed by atoms with van der Waals surface area (Å²) < 4.78 is 0. The Bertz CT molecular complexity index is 91.3. The van der Waals surface area contributed by atoms with Crippen LogP contribution in [0.2, 0.25) is 0 Å². The first-order valence-electron chi connectivity index (χ1n) is 3.76. The van der Waals surface area contributed by atoms with Gasteiger partial charge in [-0.05, 0) is 17.5 Å². The summed E-state index contributed by atoms with van der Waals surface area (Å²) in [5, 5.41) is 9.16. The van der Waals surface area contributed by atoms with Gasteiger partial charge in [0.05, 0.1) is 6.10 Å². The van der Waals surface area contributed by atoms with E-state index in [0.29, 0.717) is 0 Å². The molecule has 0 saturated heterocycles. The van der Waals surface area contributed by atoms with E-state index in [1.165, 1.54) is 12.8 Å². The monoisotopic (exact) mass is 206 g/mol. The lowest BCUT2D eigenvalue weighted by atomic mass is 10.1. The SMILES string of the molecule is CCCCCC(O)/C=C\Br. The molecule has 0 heterocycles. The first kappa shape index (κ1) is 10.2. The first-order valence-corrected chi connectivity index (χ1v) is 4.67. The zero-order chi connectivity index (χ0) is 7.82. The molecule has 0 saturated carbocycles. The summed E-state index contributed by atoms with van der Waals surface area (Å²) in [5.41, 5.74) is 0. The third-order valence-electron chi connectivity index (χ3n) is 1.40. The predicted molar refractivity (Wildman–Crippen MR) is 48.2 cm³/mol. The lowest BCUT2D eigenvalue weighted by molar-refractivity contribution is 0.208. The molecule has 0 aromatic carbocycles. The molecule has 1 N–H and O–H groups in total. The smallest absolute Gasteiger partial charge is 0.0728 e. The van der Waals surface area contributed by atoms with Crippen LogP contribution in [-0.2, 0) is 0 Å². The van der Waals surface area contributed by atoms with Crippen LogP contribution in [0.4, 0.5) is 0 Å². The molecule has 0 rings (SSSR count). The normalized spacial score (nSPS) is 14.3. The van der Waals surface area contributed by atoms with Gasteiger partial charge in [-0.2, -0.15) is 0 Å². The molecule has 0 bridgehead atoms. The fourth-order valence-corrected chi connectivity index (χ4v) is 1.14. The molecule has 1 unspecified atom stereocenters. The van der Waals surface area contributed by atoms with Gasteiger partial charge in [-0.25, -0.2) is 0 Å². The van der Waals surface area contributed by atoms with Crippen LogP contribution in [0.3, 0.4) is 0 Å². The zero-order valence-corrected chi connectivity index (χ0v) is 7.97. The van der Waals surface area contributed by atoms with E-state index in [4.69, 9.17) is 5.11 Å². The van der Waals surface area contributed by atoms with Crippen molar-refractivity contribution in [3.8, 4) is 0 Å². The third-order valence-corrected chi connectivity index (χ3v) is 1.70. The largest absolute Gasteiger partial charge is 0.389 e. The number of rotatable bonds is 5. The molecule has 10 heavy (non-hydrogen) atoms. The van der Waals surface area contributed by atoms with E-state index < -0.39 is 0 Å². The lowest BCUT2D eigenvalue weighted by Crippen LogP contribution is -2.00. The van der Waals surface area contributed by atoms with Crippen LogP contribution in [0, 0.1) is 0 Å². The molecule has 0 radical (unpaired) electrons. The zero-order valence-electron chi connectivity index (χ0n) is 6.39. The molecule has 0 aromatic rings. The summed E-state index contributed by atoms with van der Waals surface area (Å²) in [4.78, 5) is 1.71. The van der Waals surface area contributed by atoms with Crippen LogP contribution in [0.1, 0.15) is 32.6 Å². The fraction of sp³-hybridized carbons (Fsp3) is 0.750. The van der Waals surface area contributed by atoms with Crippen molar-refractivity contribution in [2.24, 2.45) is 0 Å². The number of halogens is 1. The topological polar surface area (TPSA) is 20.2 Å². The van der Waals surface area contributed by atoms with Crippen molar-refractivity contribution in [1.29, 1.82) is 0 Å². The quantitative estimate of drug-likeness (QED) is 0.687. The molecule has 0 aromatic heterocycles. The Morgan fingerprint density at radius 1 is 1.50 bits per heavy atom. The van der Waals surface area contributed by atoms with Crippen LogP contribution < -0.4 is 0 Å². The van der Waals surface area contributed by atoms with Crippen LogP contribution in [0.25, 0.3) is 0 Å². The van der Waals surface area contributed by atoms with Crippen molar-refractivity contribution in [3.05, 3.63) is 11.1 Å². The molecule has 0 aliphatic rings. The highest BCUT2D eigenvalue weighted by Crippen LogP contribution is 2.04. The minimum atomic E-state index is -0.258. The van der Waals surface area contributed by atoms with Crippen molar-refractivity contribution in [1.82, 2.24) is 0 Å². The van der Waals surface area contributed by atoms with E-state index in [1.807, 2.05) is 0 Å². The number of aliphatic hydroxyl groups is 1.